The normalized spacial score (nSPS) is 22.7. The minimum Gasteiger partial charge on any atom is -0.399 e. The number of H-pyrrole nitrogens is 1. The lowest BCUT2D eigenvalue weighted by atomic mass is 10.1. The molecule has 3 rings (SSSR count). The minimum absolute atomic E-state index is 0.0690. The second-order valence-electron chi connectivity index (χ2n) is 5.47. The van der Waals surface area contributed by atoms with Gasteiger partial charge in [0.2, 0.25) is 0 Å². The summed E-state index contributed by atoms with van der Waals surface area (Å²) in [6.45, 7) is 2.73. The van der Waals surface area contributed by atoms with Crippen LogP contribution in [0.1, 0.15) is 17.3 Å². The zero-order valence-corrected chi connectivity index (χ0v) is 11.9. The number of aromatic amines is 1. The minimum atomic E-state index is -0.326. The van der Waals surface area contributed by atoms with Crippen molar-refractivity contribution in [2.45, 2.75) is 19.1 Å². The van der Waals surface area contributed by atoms with E-state index in [4.69, 9.17) is 10.5 Å². The molecule has 0 spiro atoms. The zero-order valence-electron chi connectivity index (χ0n) is 11.9. The van der Waals surface area contributed by atoms with Crippen LogP contribution in [0.2, 0.25) is 0 Å². The molecule has 1 amide bonds. The number of aliphatic hydroxyl groups is 1. The van der Waals surface area contributed by atoms with Crippen molar-refractivity contribution in [1.29, 1.82) is 0 Å². The van der Waals surface area contributed by atoms with E-state index in [1.807, 2.05) is 13.0 Å². The molecule has 0 radical (unpaired) electrons. The lowest BCUT2D eigenvalue weighted by Crippen LogP contribution is -2.50. The summed E-state index contributed by atoms with van der Waals surface area (Å²) < 4.78 is 5.57. The summed E-state index contributed by atoms with van der Waals surface area (Å²) in [6, 6.07) is 5.46. The van der Waals surface area contributed by atoms with Gasteiger partial charge in [-0.15, -0.1) is 0 Å². The average molecular weight is 289 g/mol. The number of carbonyl (C=O) groups is 1. The number of ether oxygens (including phenoxy) is 1. The van der Waals surface area contributed by atoms with Crippen molar-refractivity contribution in [2.24, 2.45) is 0 Å². The quantitative estimate of drug-likeness (QED) is 0.718. The van der Waals surface area contributed by atoms with Crippen molar-refractivity contribution in [1.82, 2.24) is 9.88 Å². The van der Waals surface area contributed by atoms with Gasteiger partial charge < -0.3 is 25.5 Å². The molecule has 1 saturated heterocycles. The van der Waals surface area contributed by atoms with Crippen molar-refractivity contribution >= 4 is 22.5 Å². The summed E-state index contributed by atoms with van der Waals surface area (Å²) in [5.41, 5.74) is 7.91. The second-order valence-corrected chi connectivity index (χ2v) is 5.47. The van der Waals surface area contributed by atoms with E-state index in [1.54, 1.807) is 23.2 Å². The predicted molar refractivity (Wildman–Crippen MR) is 80.0 cm³/mol. The molecule has 2 aromatic rings. The largest absolute Gasteiger partial charge is 0.399 e. The van der Waals surface area contributed by atoms with Gasteiger partial charge in [-0.1, -0.05) is 0 Å². The number of rotatable bonds is 2. The lowest BCUT2D eigenvalue weighted by Gasteiger charge is -2.36. The Kier molecular flexibility index (Phi) is 3.57. The number of amides is 1. The Labute approximate surface area is 122 Å². The fourth-order valence-corrected chi connectivity index (χ4v) is 2.80. The molecule has 112 valence electrons. The van der Waals surface area contributed by atoms with Gasteiger partial charge in [0.25, 0.3) is 5.91 Å². The Morgan fingerprint density at radius 3 is 3.10 bits per heavy atom. The highest BCUT2D eigenvalue weighted by Crippen LogP contribution is 2.23. The molecular weight excluding hydrogens is 270 g/mol. The van der Waals surface area contributed by atoms with Gasteiger partial charge in [-0.3, -0.25) is 4.79 Å². The zero-order chi connectivity index (χ0) is 15.0. The molecule has 2 heterocycles. The molecule has 4 N–H and O–H groups in total. The summed E-state index contributed by atoms with van der Waals surface area (Å²) in [5.74, 6) is -0.0690. The van der Waals surface area contributed by atoms with Crippen molar-refractivity contribution in [2.75, 3.05) is 25.4 Å². The van der Waals surface area contributed by atoms with Crippen molar-refractivity contribution < 1.29 is 14.6 Å². The van der Waals surface area contributed by atoms with Crippen LogP contribution in [0.3, 0.4) is 0 Å². The number of carbonyl (C=O) groups excluding carboxylic acids is 1. The highest BCUT2D eigenvalue weighted by molar-refractivity contribution is 6.07. The van der Waals surface area contributed by atoms with E-state index >= 15 is 0 Å². The SMILES string of the molecule is CC1CN(C(=O)c2c[nH]c3ccc(N)cc23)CC(CO)O1. The van der Waals surface area contributed by atoms with Gasteiger partial charge in [0.15, 0.2) is 0 Å². The van der Waals surface area contributed by atoms with Crippen LogP contribution in [-0.2, 0) is 4.74 Å². The maximum absolute atomic E-state index is 12.7. The molecule has 6 nitrogen and oxygen atoms in total. The topological polar surface area (TPSA) is 91.6 Å². The number of nitrogen functional groups attached to an aromatic ring is 1. The first-order valence-corrected chi connectivity index (χ1v) is 7.00. The van der Waals surface area contributed by atoms with Crippen molar-refractivity contribution in [3.05, 3.63) is 30.0 Å². The number of benzene rings is 1. The van der Waals surface area contributed by atoms with E-state index < -0.39 is 0 Å². The Morgan fingerprint density at radius 1 is 1.52 bits per heavy atom. The molecule has 1 aromatic carbocycles. The third-order valence-electron chi connectivity index (χ3n) is 3.75. The molecule has 1 aliphatic rings. The third kappa shape index (κ3) is 2.59. The standard InChI is InChI=1S/C15H19N3O3/c1-9-6-18(7-11(8-19)21-9)15(20)13-5-17-14-3-2-10(16)4-12(13)14/h2-5,9,11,17,19H,6-8,16H2,1H3. The number of anilines is 1. The molecule has 0 bridgehead atoms. The van der Waals surface area contributed by atoms with Gasteiger partial charge in [0, 0.05) is 35.9 Å². The first-order chi connectivity index (χ1) is 10.1. The highest BCUT2D eigenvalue weighted by Gasteiger charge is 2.29. The number of morpholine rings is 1. The van der Waals surface area contributed by atoms with E-state index in [9.17, 15) is 9.90 Å². The van der Waals surface area contributed by atoms with Crippen molar-refractivity contribution in [3.8, 4) is 0 Å². The lowest BCUT2D eigenvalue weighted by molar-refractivity contribution is -0.0858. The number of nitrogens with two attached hydrogens (primary N) is 1. The molecule has 1 aliphatic heterocycles. The monoisotopic (exact) mass is 289 g/mol. The number of aliphatic hydroxyl groups excluding tert-OH is 1. The Balaban J connectivity index is 1.91. The smallest absolute Gasteiger partial charge is 0.256 e. The summed E-state index contributed by atoms with van der Waals surface area (Å²) in [4.78, 5) is 17.5. The highest BCUT2D eigenvalue weighted by atomic mass is 16.5. The van der Waals surface area contributed by atoms with Crippen LogP contribution < -0.4 is 5.73 Å². The molecule has 2 unspecified atom stereocenters. The summed E-state index contributed by atoms with van der Waals surface area (Å²) in [5, 5.41) is 10.1. The number of nitrogens with one attached hydrogen (secondary N) is 1. The molecule has 6 heteroatoms. The predicted octanol–water partition coefficient (Wildman–Crippen LogP) is 0.972. The third-order valence-corrected chi connectivity index (χ3v) is 3.75. The Bertz CT molecular complexity index is 667. The maximum Gasteiger partial charge on any atom is 0.256 e. The number of hydrogen-bond acceptors (Lipinski definition) is 4. The van der Waals surface area contributed by atoms with E-state index in [2.05, 4.69) is 4.98 Å². The molecule has 2 atom stereocenters. The average Bonchev–Trinajstić information content (AvgIpc) is 2.88. The van der Waals surface area contributed by atoms with Crippen LogP contribution in [0, 0.1) is 0 Å². The number of hydrogen-bond donors (Lipinski definition) is 3. The Hall–Kier alpha value is -2.05. The van der Waals surface area contributed by atoms with Gasteiger partial charge in [-0.25, -0.2) is 0 Å². The van der Waals surface area contributed by atoms with Crippen LogP contribution in [-0.4, -0.2) is 52.8 Å². The van der Waals surface area contributed by atoms with Gasteiger partial charge >= 0.3 is 0 Å². The van der Waals surface area contributed by atoms with Crippen LogP contribution in [0.25, 0.3) is 10.9 Å². The van der Waals surface area contributed by atoms with Gasteiger partial charge in [-0.05, 0) is 25.1 Å². The van der Waals surface area contributed by atoms with Gasteiger partial charge in [0.1, 0.15) is 0 Å². The Morgan fingerprint density at radius 2 is 2.33 bits per heavy atom. The number of nitrogens with zero attached hydrogens (tertiary/aromatic N) is 1. The fourth-order valence-electron chi connectivity index (χ4n) is 2.80. The molecule has 0 saturated carbocycles. The first-order valence-electron chi connectivity index (χ1n) is 7.00. The fraction of sp³-hybridized carbons (Fsp3) is 0.400. The summed E-state index contributed by atoms with van der Waals surface area (Å²) in [6.07, 6.45) is 1.30. The van der Waals surface area contributed by atoms with Gasteiger partial charge in [0.05, 0.1) is 24.4 Å². The number of fused-ring (bicyclic) bond motifs is 1. The van der Waals surface area contributed by atoms with E-state index in [-0.39, 0.29) is 24.7 Å². The molecule has 1 aromatic heterocycles. The van der Waals surface area contributed by atoms with E-state index in [0.29, 0.717) is 24.3 Å². The van der Waals surface area contributed by atoms with Crippen LogP contribution in [0.5, 0.6) is 0 Å². The van der Waals surface area contributed by atoms with Gasteiger partial charge in [-0.2, -0.15) is 0 Å². The van der Waals surface area contributed by atoms with Crippen LogP contribution in [0.4, 0.5) is 5.69 Å². The van der Waals surface area contributed by atoms with Crippen molar-refractivity contribution in [3.63, 3.8) is 0 Å². The molecular formula is C15H19N3O3. The molecule has 21 heavy (non-hydrogen) atoms. The first kappa shape index (κ1) is 13.9. The van der Waals surface area contributed by atoms with Crippen LogP contribution in [0.15, 0.2) is 24.4 Å². The van der Waals surface area contributed by atoms with Crippen LogP contribution >= 0.6 is 0 Å². The van der Waals surface area contributed by atoms with E-state index in [1.165, 1.54) is 0 Å². The summed E-state index contributed by atoms with van der Waals surface area (Å²) >= 11 is 0. The summed E-state index contributed by atoms with van der Waals surface area (Å²) in [7, 11) is 0. The number of aromatic nitrogens is 1. The molecule has 0 aliphatic carbocycles. The second kappa shape index (κ2) is 5.38. The molecule has 1 fully saturated rings. The maximum atomic E-state index is 12.7. The van der Waals surface area contributed by atoms with E-state index in [0.717, 1.165) is 10.9 Å².